The fraction of sp³-hybridized carbons (Fsp3) is 0.822. The Bertz CT molecular complexity index is 2270. The fourth-order valence-electron chi connectivity index (χ4n) is 12.0. The maximum absolute atomic E-state index is 13.6. The summed E-state index contributed by atoms with van der Waals surface area (Å²) in [5, 5.41) is 8.49. The summed E-state index contributed by atoms with van der Waals surface area (Å²) in [7, 11) is 0. The Hall–Kier alpha value is -5.09. The molecule has 0 aliphatic carbocycles. The number of carbonyl (C=O) groups is 7. The van der Waals surface area contributed by atoms with Gasteiger partial charge in [-0.05, 0) is 49.0 Å². The Kier molecular flexibility index (Phi) is 45.5. The van der Waals surface area contributed by atoms with Crippen LogP contribution >= 0.6 is 0 Å². The van der Waals surface area contributed by atoms with Crippen LogP contribution in [0, 0.1) is 35.5 Å². The second-order valence-corrected chi connectivity index (χ2v) is 26.2. The topological polar surface area (TPSA) is 331 Å². The number of Topliss-reactive ketones (excluding diaryl/α,β-unsaturated/α-hetero) is 1. The Morgan fingerprint density at radius 1 is 0.402 bits per heavy atom. The lowest BCUT2D eigenvalue weighted by molar-refractivity contribution is -0.277. The molecular weight excluding hydrogens is 1330 g/mol. The zero-order valence-corrected chi connectivity index (χ0v) is 62.8. The van der Waals surface area contributed by atoms with Crippen molar-refractivity contribution in [2.24, 2.45) is 35.5 Å². The molecule has 102 heavy (non-hydrogen) atoms. The van der Waals surface area contributed by atoms with Crippen molar-refractivity contribution in [1.29, 1.82) is 0 Å². The molecule has 3 saturated heterocycles. The summed E-state index contributed by atoms with van der Waals surface area (Å²) in [4.78, 5) is 88.2. The first-order valence-electron chi connectivity index (χ1n) is 36.7. The van der Waals surface area contributed by atoms with Gasteiger partial charge in [-0.3, -0.25) is 28.8 Å². The third-order valence-corrected chi connectivity index (χ3v) is 18.4. The molecule has 29 heteroatoms. The van der Waals surface area contributed by atoms with Crippen molar-refractivity contribution in [2.75, 3.05) is 152 Å². The van der Waals surface area contributed by atoms with Crippen molar-refractivity contribution in [2.45, 2.75) is 202 Å². The molecule has 3 amide bonds. The molecule has 3 aliphatic rings. The molecule has 1 aromatic rings. The van der Waals surface area contributed by atoms with Crippen LogP contribution in [0.1, 0.15) is 140 Å². The first kappa shape index (κ1) is 89.3. The molecule has 0 radical (unpaired) electrons. The molecule has 29 nitrogen and oxygen atoms in total. The predicted molar refractivity (Wildman–Crippen MR) is 370 cm³/mol. The second-order valence-electron chi connectivity index (χ2n) is 26.2. The molecule has 15 unspecified atom stereocenters. The maximum Gasteiger partial charge on any atom is 0.408 e. The van der Waals surface area contributed by atoms with Crippen molar-refractivity contribution in [3.05, 3.63) is 35.9 Å². The van der Waals surface area contributed by atoms with Crippen molar-refractivity contribution in [3.63, 3.8) is 0 Å². The summed E-state index contributed by atoms with van der Waals surface area (Å²) in [5.41, 5.74) is -0.693. The highest BCUT2D eigenvalue weighted by Crippen LogP contribution is 2.37. The van der Waals surface area contributed by atoms with Crippen LogP contribution in [0.5, 0.6) is 0 Å². The smallest absolute Gasteiger partial charge is 0.408 e. The third-order valence-electron chi connectivity index (χ3n) is 18.4. The molecule has 3 aliphatic heterocycles. The predicted octanol–water partition coefficient (Wildman–Crippen LogP) is 6.62. The van der Waals surface area contributed by atoms with E-state index >= 15 is 0 Å². The van der Waals surface area contributed by atoms with Crippen LogP contribution in [-0.4, -0.2) is 254 Å². The zero-order valence-electron chi connectivity index (χ0n) is 62.8. The van der Waals surface area contributed by atoms with Crippen LogP contribution < -0.4 is 16.0 Å². The number of ether oxygens (including phenoxy) is 19. The van der Waals surface area contributed by atoms with E-state index < -0.39 is 66.7 Å². The highest BCUT2D eigenvalue weighted by Gasteiger charge is 2.46. The van der Waals surface area contributed by atoms with Gasteiger partial charge in [-0.15, -0.1) is 0 Å². The van der Waals surface area contributed by atoms with Crippen molar-refractivity contribution >= 4 is 41.6 Å². The first-order valence-corrected chi connectivity index (χ1v) is 36.7. The molecule has 0 spiro atoms. The Morgan fingerprint density at radius 3 is 1.11 bits per heavy atom. The van der Waals surface area contributed by atoms with Crippen LogP contribution in [0.4, 0.5) is 4.79 Å². The van der Waals surface area contributed by atoms with E-state index in [1.54, 1.807) is 0 Å². The van der Waals surface area contributed by atoms with E-state index in [1.807, 2.05) is 65.0 Å². The molecule has 1 aromatic carbocycles. The van der Waals surface area contributed by atoms with Gasteiger partial charge < -0.3 is 106 Å². The SMILES string of the molecule is CCC1OC(OCCOCCOCCCC(=O)CCOCC(COCCC(=O)NCCOCCOCCOC2OC(CC)C(C)C(C)C2OC(C)=O)(COCCC(=O)NCCOCCOCCOC2OC(CC)C(C)C(C)C2OC(C)=O)NC(=O)OCc2ccccc2)C(OC(C)=O)C(C)C1C. The highest BCUT2D eigenvalue weighted by atomic mass is 16.7. The number of alkyl carbamates (subject to hydrolysis) is 1. The third kappa shape index (κ3) is 35.3. The van der Waals surface area contributed by atoms with Crippen LogP contribution in [0.2, 0.25) is 0 Å². The molecule has 3 N–H and O–H groups in total. The number of carbonyl (C=O) groups excluding carboxylic acids is 7. The van der Waals surface area contributed by atoms with E-state index in [4.69, 9.17) is 90.0 Å². The lowest BCUT2D eigenvalue weighted by atomic mass is 9.82. The molecular formula is C73H123N3O26. The van der Waals surface area contributed by atoms with Crippen LogP contribution in [0.15, 0.2) is 30.3 Å². The largest absolute Gasteiger partial charge is 0.457 e. The minimum Gasteiger partial charge on any atom is -0.457 e. The molecule has 0 saturated carbocycles. The summed E-state index contributed by atoms with van der Waals surface area (Å²) in [6, 6.07) is 9.10. The second kappa shape index (κ2) is 52.0. The standard InChI is InChI=1S/C73H123N3O26/c1-13-61-50(4)53(7)66(97-56(10)77)69(100-61)93-43-40-87-37-34-84-28-19-22-60(80)23-29-90-47-73(76-72(83)96-46-59-20-17-16-18-21-59,48-91-30-24-64(81)74-26-32-85-35-38-88-41-44-94-70-67(98-57(11)78)54(8)51(5)62(14-2)101-70)49-92-31-25-65(82)75-27-33-86-36-39-89-42-45-95-71-68(99-58(12)79)55(9)52(6)63(15-3)102-71/h16-18,20-21,50-55,61-63,66-71H,13-15,19,22-49H2,1-12H3,(H,74,81)(H,75,82)(H,76,83). The van der Waals surface area contributed by atoms with Crippen LogP contribution in [0.3, 0.4) is 0 Å². The summed E-state index contributed by atoms with van der Waals surface area (Å²) in [6.07, 6.45) is -1.47. The molecule has 15 atom stereocenters. The Balaban J connectivity index is 1.22. The van der Waals surface area contributed by atoms with E-state index in [-0.39, 0.29) is 236 Å². The van der Waals surface area contributed by atoms with Gasteiger partial charge in [-0.25, -0.2) is 4.79 Å². The molecule has 0 bridgehead atoms. The van der Waals surface area contributed by atoms with Crippen molar-refractivity contribution < 1.29 is 124 Å². The van der Waals surface area contributed by atoms with Gasteiger partial charge in [-0.1, -0.05) is 92.6 Å². The summed E-state index contributed by atoms with van der Waals surface area (Å²) < 4.78 is 111. The highest BCUT2D eigenvalue weighted by molar-refractivity contribution is 5.78. The van der Waals surface area contributed by atoms with Gasteiger partial charge in [0.25, 0.3) is 0 Å². The van der Waals surface area contributed by atoms with E-state index in [0.717, 1.165) is 24.8 Å². The number of benzene rings is 1. The molecule has 0 aromatic heterocycles. The minimum atomic E-state index is -1.43. The van der Waals surface area contributed by atoms with Crippen LogP contribution in [-0.2, 0) is 125 Å². The van der Waals surface area contributed by atoms with Gasteiger partial charge in [0.05, 0.1) is 150 Å². The maximum atomic E-state index is 13.6. The number of hydrogen-bond donors (Lipinski definition) is 3. The monoisotopic (exact) mass is 1460 g/mol. The average Bonchev–Trinajstić information content (AvgIpc) is 0.827. The number of amides is 3. The normalized spacial score (nSPS) is 25.5. The van der Waals surface area contributed by atoms with Gasteiger partial charge in [0.15, 0.2) is 37.2 Å². The Labute approximate surface area is 604 Å². The molecule has 3 fully saturated rings. The summed E-state index contributed by atoms with van der Waals surface area (Å²) in [5.74, 6) is -1.16. The van der Waals surface area contributed by atoms with E-state index in [2.05, 4.69) is 43.6 Å². The molecule has 3 heterocycles. The quantitative estimate of drug-likeness (QED) is 0.0350. The number of ketones is 1. The number of rotatable bonds is 55. The number of hydrogen-bond acceptors (Lipinski definition) is 26. The van der Waals surface area contributed by atoms with Crippen molar-refractivity contribution in [3.8, 4) is 0 Å². The van der Waals surface area contributed by atoms with Gasteiger partial charge >= 0.3 is 24.0 Å². The van der Waals surface area contributed by atoms with E-state index in [0.29, 0.717) is 26.2 Å². The number of nitrogens with one attached hydrogen (secondary N) is 3. The van der Waals surface area contributed by atoms with Crippen LogP contribution in [0.25, 0.3) is 0 Å². The lowest BCUT2D eigenvalue weighted by Gasteiger charge is -2.43. The Morgan fingerprint density at radius 2 is 0.745 bits per heavy atom. The summed E-state index contributed by atoms with van der Waals surface area (Å²) in [6.45, 7) is 26.1. The first-order chi connectivity index (χ1) is 49.1. The zero-order chi connectivity index (χ0) is 74.5. The van der Waals surface area contributed by atoms with Gasteiger partial charge in [0.2, 0.25) is 11.8 Å². The van der Waals surface area contributed by atoms with Gasteiger partial charge in [-0.2, -0.15) is 0 Å². The van der Waals surface area contributed by atoms with Gasteiger partial charge in [0, 0.05) is 83.9 Å². The summed E-state index contributed by atoms with van der Waals surface area (Å²) >= 11 is 0. The minimum absolute atomic E-state index is 0.0141. The average molecular weight is 1460 g/mol. The molecule has 4 rings (SSSR count). The van der Waals surface area contributed by atoms with Gasteiger partial charge in [0.1, 0.15) is 17.9 Å². The van der Waals surface area contributed by atoms with E-state index in [1.165, 1.54) is 20.8 Å². The molecule has 586 valence electrons. The fourth-order valence-corrected chi connectivity index (χ4v) is 12.0. The lowest BCUT2D eigenvalue weighted by Crippen LogP contribution is -2.59. The van der Waals surface area contributed by atoms with E-state index in [9.17, 15) is 33.6 Å². The number of esters is 3. The van der Waals surface area contributed by atoms with Crippen molar-refractivity contribution in [1.82, 2.24) is 16.0 Å².